The van der Waals surface area contributed by atoms with Gasteiger partial charge in [-0.2, -0.15) is 0 Å². The van der Waals surface area contributed by atoms with Gasteiger partial charge in [0.15, 0.2) is 12.4 Å². The van der Waals surface area contributed by atoms with E-state index in [9.17, 15) is 4.79 Å². The first-order chi connectivity index (χ1) is 11.0. The predicted molar refractivity (Wildman–Crippen MR) is 90.1 cm³/mol. The van der Waals surface area contributed by atoms with E-state index in [0.717, 1.165) is 6.42 Å². The van der Waals surface area contributed by atoms with Crippen LogP contribution in [-0.2, 0) is 11.2 Å². The summed E-state index contributed by atoms with van der Waals surface area (Å²) in [6, 6.07) is 10.6. The van der Waals surface area contributed by atoms with Gasteiger partial charge in [-0.05, 0) is 18.9 Å². The smallest absolute Gasteiger partial charge is 0.280 e. The van der Waals surface area contributed by atoms with Gasteiger partial charge in [0, 0.05) is 17.5 Å². The number of benzene rings is 1. The first kappa shape index (κ1) is 17.2. The van der Waals surface area contributed by atoms with Gasteiger partial charge in [0.05, 0.1) is 0 Å². The number of nitrogens with zero attached hydrogens (tertiary/aromatic N) is 1. The van der Waals surface area contributed by atoms with E-state index in [0.29, 0.717) is 24.0 Å². The Morgan fingerprint density at radius 2 is 2.00 bits per heavy atom. The normalized spacial score (nSPS) is 12.4. The third-order valence-corrected chi connectivity index (χ3v) is 3.94. The van der Waals surface area contributed by atoms with Crippen molar-refractivity contribution in [3.05, 3.63) is 47.2 Å². The molecule has 0 spiro atoms. The summed E-state index contributed by atoms with van der Waals surface area (Å²) in [6.45, 7) is 8.65. The summed E-state index contributed by atoms with van der Waals surface area (Å²) in [5, 5.41) is 8.60. The van der Waals surface area contributed by atoms with Gasteiger partial charge in [0.1, 0.15) is 11.8 Å². The Labute approximate surface area is 137 Å². The van der Waals surface area contributed by atoms with Crippen LogP contribution in [0.15, 0.2) is 34.9 Å². The van der Waals surface area contributed by atoms with Gasteiger partial charge in [-0.25, -0.2) is 0 Å². The second-order valence-corrected chi connectivity index (χ2v) is 6.18. The van der Waals surface area contributed by atoms with Crippen LogP contribution in [-0.4, -0.2) is 17.6 Å². The molecule has 1 heterocycles. The Hall–Kier alpha value is -2.14. The van der Waals surface area contributed by atoms with E-state index in [2.05, 4.69) is 60.8 Å². The minimum atomic E-state index is -0.0749. The Bertz CT molecular complexity index is 632. The summed E-state index contributed by atoms with van der Waals surface area (Å²) in [6.07, 6.45) is 1.04. The third kappa shape index (κ3) is 4.93. The van der Waals surface area contributed by atoms with Crippen LogP contribution < -0.4 is 10.6 Å². The number of carbonyl (C=O) groups excluding carboxylic acids is 1. The van der Waals surface area contributed by atoms with Crippen LogP contribution in [0.5, 0.6) is 0 Å². The van der Waals surface area contributed by atoms with Gasteiger partial charge in [0.2, 0.25) is 0 Å². The highest BCUT2D eigenvalue weighted by Gasteiger charge is 2.20. The molecule has 0 saturated carbocycles. The molecule has 2 aromatic rings. The second kappa shape index (κ2) is 7.92. The van der Waals surface area contributed by atoms with Crippen molar-refractivity contribution in [1.82, 2.24) is 5.16 Å². The van der Waals surface area contributed by atoms with E-state index in [1.165, 1.54) is 11.1 Å². The van der Waals surface area contributed by atoms with Gasteiger partial charge in [-0.1, -0.05) is 50.2 Å². The zero-order valence-corrected chi connectivity index (χ0v) is 14.3. The molecule has 1 aromatic heterocycles. The zero-order valence-electron chi connectivity index (χ0n) is 14.3. The maximum Gasteiger partial charge on any atom is 0.280 e. The van der Waals surface area contributed by atoms with Crippen LogP contribution in [0.1, 0.15) is 43.7 Å². The molecule has 0 saturated heterocycles. The van der Waals surface area contributed by atoms with Gasteiger partial charge >= 0.3 is 0 Å². The van der Waals surface area contributed by atoms with Crippen LogP contribution in [0.3, 0.4) is 0 Å². The number of carbonyl (C=O) groups is 1. The largest absolute Gasteiger partial charge is 0.360 e. The lowest BCUT2D eigenvalue weighted by molar-refractivity contribution is -0.692. The molecule has 0 aliphatic rings. The van der Waals surface area contributed by atoms with E-state index in [4.69, 9.17) is 4.52 Å². The third-order valence-electron chi connectivity index (χ3n) is 3.94. The highest BCUT2D eigenvalue weighted by atomic mass is 16.5. The number of hydrogen-bond acceptors (Lipinski definition) is 3. The van der Waals surface area contributed by atoms with Crippen molar-refractivity contribution < 1.29 is 14.6 Å². The quantitative estimate of drug-likeness (QED) is 0.824. The Morgan fingerprint density at radius 3 is 2.52 bits per heavy atom. The summed E-state index contributed by atoms with van der Waals surface area (Å²) in [7, 11) is 0. The summed E-state index contributed by atoms with van der Waals surface area (Å²) < 4.78 is 4.95. The number of hydrogen-bond donors (Lipinski definition) is 2. The van der Waals surface area contributed by atoms with Crippen molar-refractivity contribution in [2.24, 2.45) is 5.92 Å². The number of anilines is 1. The lowest BCUT2D eigenvalue weighted by Crippen LogP contribution is -2.88. The van der Waals surface area contributed by atoms with Crippen molar-refractivity contribution in [2.45, 2.75) is 40.2 Å². The molecule has 1 aromatic carbocycles. The zero-order chi connectivity index (χ0) is 16.8. The molecule has 124 valence electrons. The lowest BCUT2D eigenvalue weighted by Gasteiger charge is -2.19. The van der Waals surface area contributed by atoms with Crippen molar-refractivity contribution in [1.29, 1.82) is 0 Å². The average molecular weight is 316 g/mol. The molecule has 23 heavy (non-hydrogen) atoms. The first-order valence-electron chi connectivity index (χ1n) is 8.15. The molecule has 2 rings (SSSR count). The van der Waals surface area contributed by atoms with Crippen molar-refractivity contribution in [3.8, 4) is 0 Å². The summed E-state index contributed by atoms with van der Waals surface area (Å²) in [5.74, 6) is 1.51. The molecular formula is C18H26N3O2+. The minimum absolute atomic E-state index is 0.0749. The molecule has 0 radical (unpaired) electrons. The maximum atomic E-state index is 12.1. The molecule has 0 aliphatic heterocycles. The van der Waals surface area contributed by atoms with Crippen molar-refractivity contribution >= 4 is 11.7 Å². The number of nitrogens with one attached hydrogen (secondary N) is 1. The molecule has 1 atom stereocenters. The van der Waals surface area contributed by atoms with E-state index in [1.54, 1.807) is 13.0 Å². The number of aromatic nitrogens is 1. The van der Waals surface area contributed by atoms with Gasteiger partial charge in [-0.3, -0.25) is 4.79 Å². The van der Waals surface area contributed by atoms with E-state index >= 15 is 0 Å². The standard InChI is InChI=1S/C18H25N3O2/c1-5-14-6-8-15(9-7-14)18(12(2)3)19-11-17(22)20-16-10-13(4)23-21-16/h6-10,12,18-19H,5,11H2,1-4H3,(H,20,21,22)/p+1/t18-/m0/s1. The number of amides is 1. The fourth-order valence-corrected chi connectivity index (χ4v) is 2.62. The van der Waals surface area contributed by atoms with Crippen molar-refractivity contribution in [2.75, 3.05) is 11.9 Å². The molecule has 3 N–H and O–H groups in total. The van der Waals surface area contributed by atoms with Crippen LogP contribution in [0.25, 0.3) is 0 Å². The van der Waals surface area contributed by atoms with E-state index in [1.807, 2.05) is 0 Å². The fraction of sp³-hybridized carbons (Fsp3) is 0.444. The molecule has 0 bridgehead atoms. The van der Waals surface area contributed by atoms with Gasteiger partial charge in [-0.15, -0.1) is 0 Å². The summed E-state index contributed by atoms with van der Waals surface area (Å²) >= 11 is 0. The van der Waals surface area contributed by atoms with Crippen LogP contribution in [0, 0.1) is 12.8 Å². The number of rotatable bonds is 7. The van der Waals surface area contributed by atoms with Crippen LogP contribution >= 0.6 is 0 Å². The molecule has 5 heteroatoms. The summed E-state index contributed by atoms with van der Waals surface area (Å²) in [5.41, 5.74) is 2.58. The summed E-state index contributed by atoms with van der Waals surface area (Å²) in [4.78, 5) is 12.1. The van der Waals surface area contributed by atoms with Gasteiger partial charge < -0.3 is 15.2 Å². The minimum Gasteiger partial charge on any atom is -0.360 e. The Balaban J connectivity index is 1.94. The number of aryl methyl sites for hydroxylation is 2. The van der Waals surface area contributed by atoms with Gasteiger partial charge in [0.25, 0.3) is 5.91 Å². The molecular weight excluding hydrogens is 290 g/mol. The lowest BCUT2D eigenvalue weighted by atomic mass is 9.95. The molecule has 5 nitrogen and oxygen atoms in total. The first-order valence-corrected chi connectivity index (χ1v) is 8.15. The Kier molecular flexibility index (Phi) is 5.93. The SMILES string of the molecule is CCc1ccc([C@@H]([NH2+]CC(=O)Nc2cc(C)on2)C(C)C)cc1. The fourth-order valence-electron chi connectivity index (χ4n) is 2.62. The van der Waals surface area contributed by atoms with Crippen LogP contribution in [0.2, 0.25) is 0 Å². The predicted octanol–water partition coefficient (Wildman–Crippen LogP) is 2.44. The molecule has 1 amide bonds. The van der Waals surface area contributed by atoms with E-state index < -0.39 is 0 Å². The molecule has 0 fully saturated rings. The second-order valence-electron chi connectivity index (χ2n) is 6.18. The van der Waals surface area contributed by atoms with E-state index in [-0.39, 0.29) is 11.9 Å². The maximum absolute atomic E-state index is 12.1. The monoisotopic (exact) mass is 316 g/mol. The molecule has 0 aliphatic carbocycles. The topological polar surface area (TPSA) is 71.7 Å². The van der Waals surface area contributed by atoms with Crippen molar-refractivity contribution in [3.63, 3.8) is 0 Å². The highest BCUT2D eigenvalue weighted by Crippen LogP contribution is 2.18. The number of nitrogens with two attached hydrogens (primary N) is 1. The van der Waals surface area contributed by atoms with Crippen LogP contribution in [0.4, 0.5) is 5.82 Å². The number of quaternary nitrogens is 1. The average Bonchev–Trinajstić information content (AvgIpc) is 2.92. The molecule has 0 unspecified atom stereocenters. The highest BCUT2D eigenvalue weighted by molar-refractivity contribution is 5.90. The Morgan fingerprint density at radius 1 is 1.30 bits per heavy atom.